The molecule has 0 aromatic heterocycles. The minimum atomic E-state index is -0.0321. The molecule has 0 aromatic rings. The monoisotopic (exact) mass is 231 g/mol. The maximum atomic E-state index is 6.03. The van der Waals surface area contributed by atoms with E-state index in [9.17, 15) is 0 Å². The van der Waals surface area contributed by atoms with E-state index in [4.69, 9.17) is 5.73 Å². The fraction of sp³-hybridized carbons (Fsp3) is 1.00. The van der Waals surface area contributed by atoms with Crippen molar-refractivity contribution in [2.24, 2.45) is 5.73 Å². The molecule has 0 fully saturated rings. The van der Waals surface area contributed by atoms with Crippen molar-refractivity contribution in [3.8, 4) is 0 Å². The Kier molecular flexibility index (Phi) is 5.44. The maximum Gasteiger partial charge on any atom is 0.0836 e. The minimum Gasteiger partial charge on any atom is -0.331 e. The molecule has 0 aliphatic heterocycles. The van der Waals surface area contributed by atoms with Crippen LogP contribution in [0.5, 0.6) is 0 Å². The van der Waals surface area contributed by atoms with Crippen LogP contribution in [0.15, 0.2) is 0 Å². The van der Waals surface area contributed by atoms with Gasteiger partial charge in [0, 0.05) is 18.4 Å². The third-order valence-corrected chi connectivity index (χ3v) is 2.95. The summed E-state index contributed by atoms with van der Waals surface area (Å²) in [5, 5.41) is 0. The molecule has 0 aliphatic rings. The molecule has 0 radical (unpaired) electrons. The van der Waals surface area contributed by atoms with Gasteiger partial charge in [0.25, 0.3) is 0 Å². The molecular formula is C13H33N3+2. The lowest BCUT2D eigenvalue weighted by Crippen LogP contribution is -2.47. The van der Waals surface area contributed by atoms with Gasteiger partial charge in [-0.3, -0.25) is 0 Å². The van der Waals surface area contributed by atoms with Crippen molar-refractivity contribution in [3.05, 3.63) is 0 Å². The fourth-order valence-corrected chi connectivity index (χ4v) is 1.68. The second kappa shape index (κ2) is 5.48. The lowest BCUT2D eigenvalue weighted by atomic mass is 10.0. The van der Waals surface area contributed by atoms with Gasteiger partial charge in [0.15, 0.2) is 0 Å². The van der Waals surface area contributed by atoms with E-state index < -0.39 is 0 Å². The molecule has 0 amide bonds. The minimum absolute atomic E-state index is 0.0321. The van der Waals surface area contributed by atoms with Crippen LogP contribution in [0.25, 0.3) is 0 Å². The van der Waals surface area contributed by atoms with E-state index in [0.717, 1.165) is 15.4 Å². The van der Waals surface area contributed by atoms with Crippen molar-refractivity contribution in [2.75, 3.05) is 54.9 Å². The first-order valence-electron chi connectivity index (χ1n) is 6.33. The van der Waals surface area contributed by atoms with E-state index in [2.05, 4.69) is 49.1 Å². The van der Waals surface area contributed by atoms with Crippen LogP contribution in [0.1, 0.15) is 26.7 Å². The summed E-state index contributed by atoms with van der Waals surface area (Å²) in [6.07, 6.45) is 2.37. The van der Waals surface area contributed by atoms with Gasteiger partial charge in [0.2, 0.25) is 0 Å². The van der Waals surface area contributed by atoms with Gasteiger partial charge < -0.3 is 14.7 Å². The molecule has 98 valence electrons. The lowest BCUT2D eigenvalue weighted by molar-refractivity contribution is -0.902. The van der Waals surface area contributed by atoms with Crippen LogP contribution >= 0.6 is 0 Å². The topological polar surface area (TPSA) is 26.0 Å². The van der Waals surface area contributed by atoms with Crippen molar-refractivity contribution in [1.82, 2.24) is 0 Å². The van der Waals surface area contributed by atoms with Gasteiger partial charge >= 0.3 is 0 Å². The van der Waals surface area contributed by atoms with Crippen molar-refractivity contribution < 1.29 is 8.97 Å². The summed E-state index contributed by atoms with van der Waals surface area (Å²) in [6.45, 7) is 7.87. The largest absolute Gasteiger partial charge is 0.331 e. The van der Waals surface area contributed by atoms with Gasteiger partial charge in [-0.15, -0.1) is 0 Å². The van der Waals surface area contributed by atoms with Crippen LogP contribution in [-0.2, 0) is 0 Å². The zero-order valence-corrected chi connectivity index (χ0v) is 12.5. The first-order chi connectivity index (χ1) is 6.91. The third kappa shape index (κ3) is 10.4. The van der Waals surface area contributed by atoms with Crippen LogP contribution in [0, 0.1) is 0 Å². The molecule has 2 N–H and O–H groups in total. The Morgan fingerprint density at radius 2 is 1.38 bits per heavy atom. The van der Waals surface area contributed by atoms with Gasteiger partial charge in [0.05, 0.1) is 54.9 Å². The molecule has 3 nitrogen and oxygen atoms in total. The van der Waals surface area contributed by atoms with Crippen LogP contribution in [0.2, 0.25) is 0 Å². The summed E-state index contributed by atoms with van der Waals surface area (Å²) in [6, 6.07) is 0. The molecule has 0 saturated heterocycles. The molecule has 0 unspecified atom stereocenters. The Bertz CT molecular complexity index is 196. The Morgan fingerprint density at radius 3 is 1.75 bits per heavy atom. The van der Waals surface area contributed by atoms with Crippen molar-refractivity contribution >= 4 is 0 Å². The summed E-state index contributed by atoms with van der Waals surface area (Å²) in [4.78, 5) is 0. The summed E-state index contributed by atoms with van der Waals surface area (Å²) in [5.74, 6) is 0. The van der Waals surface area contributed by atoms with E-state index >= 15 is 0 Å². The van der Waals surface area contributed by atoms with Crippen LogP contribution in [0.4, 0.5) is 0 Å². The Balaban J connectivity index is 3.88. The Labute approximate surface area is 102 Å². The Hall–Kier alpha value is -0.120. The van der Waals surface area contributed by atoms with E-state index in [1.807, 2.05) is 0 Å². The Morgan fingerprint density at radius 1 is 0.875 bits per heavy atom. The highest BCUT2D eigenvalue weighted by Gasteiger charge is 2.21. The molecule has 0 heterocycles. The maximum absolute atomic E-state index is 6.03. The highest BCUT2D eigenvalue weighted by atomic mass is 15.3. The predicted molar refractivity (Wildman–Crippen MR) is 72.2 cm³/mol. The lowest BCUT2D eigenvalue weighted by Gasteiger charge is -2.33. The normalized spacial score (nSPS) is 14.2. The van der Waals surface area contributed by atoms with Crippen molar-refractivity contribution in [3.63, 3.8) is 0 Å². The van der Waals surface area contributed by atoms with E-state index in [-0.39, 0.29) is 5.54 Å². The highest BCUT2D eigenvalue weighted by molar-refractivity contribution is 4.70. The number of nitrogens with two attached hydrogens (primary N) is 1. The van der Waals surface area contributed by atoms with Crippen molar-refractivity contribution in [2.45, 2.75) is 32.2 Å². The van der Waals surface area contributed by atoms with Gasteiger partial charge in [-0.2, -0.15) is 0 Å². The van der Waals surface area contributed by atoms with Gasteiger partial charge in [-0.1, -0.05) is 0 Å². The van der Waals surface area contributed by atoms with E-state index in [0.29, 0.717) is 0 Å². The summed E-state index contributed by atoms with van der Waals surface area (Å²) in [5.41, 5.74) is 6.00. The zero-order chi connectivity index (χ0) is 13.0. The average molecular weight is 231 g/mol. The quantitative estimate of drug-likeness (QED) is 0.657. The molecule has 0 saturated carbocycles. The molecule has 0 aromatic carbocycles. The highest BCUT2D eigenvalue weighted by Crippen LogP contribution is 2.09. The number of quaternary nitrogens is 2. The summed E-state index contributed by atoms with van der Waals surface area (Å²) >= 11 is 0. The fourth-order valence-electron chi connectivity index (χ4n) is 1.68. The average Bonchev–Trinajstić information content (AvgIpc) is 1.97. The standard InChI is InChI=1S/C13H33N3/c1-13(2,14)9-12-16(6,7)11-8-10-15(3,4)5/h8-12,14H2,1-7H3/q+2. The second-order valence-corrected chi connectivity index (χ2v) is 7.49. The third-order valence-electron chi connectivity index (χ3n) is 2.95. The summed E-state index contributed by atoms with van der Waals surface area (Å²) < 4.78 is 2.14. The van der Waals surface area contributed by atoms with Crippen LogP contribution < -0.4 is 5.73 Å². The van der Waals surface area contributed by atoms with Crippen LogP contribution in [-0.4, -0.2) is 69.4 Å². The first-order valence-corrected chi connectivity index (χ1v) is 6.33. The molecule has 0 bridgehead atoms. The molecule has 0 spiro atoms. The molecule has 16 heavy (non-hydrogen) atoms. The van der Waals surface area contributed by atoms with E-state index in [1.165, 1.54) is 26.1 Å². The predicted octanol–water partition coefficient (Wildman–Crippen LogP) is 1.29. The van der Waals surface area contributed by atoms with Gasteiger partial charge in [0.1, 0.15) is 0 Å². The van der Waals surface area contributed by atoms with E-state index in [1.54, 1.807) is 0 Å². The number of hydrogen-bond acceptors (Lipinski definition) is 1. The SMILES string of the molecule is CC(C)(N)CC[N+](C)(C)CCC[N+](C)(C)C. The van der Waals surface area contributed by atoms with Crippen molar-refractivity contribution in [1.29, 1.82) is 0 Å². The van der Waals surface area contributed by atoms with Gasteiger partial charge in [-0.25, -0.2) is 0 Å². The number of rotatable bonds is 7. The first kappa shape index (κ1) is 15.9. The molecular weight excluding hydrogens is 198 g/mol. The smallest absolute Gasteiger partial charge is 0.0836 e. The molecule has 0 aliphatic carbocycles. The molecule has 0 rings (SSSR count). The van der Waals surface area contributed by atoms with Gasteiger partial charge in [-0.05, 0) is 13.8 Å². The van der Waals surface area contributed by atoms with Crippen LogP contribution in [0.3, 0.4) is 0 Å². The molecule has 0 atom stereocenters. The molecule has 3 heteroatoms. The summed E-state index contributed by atoms with van der Waals surface area (Å²) in [7, 11) is 11.4. The number of nitrogens with zero attached hydrogens (tertiary/aromatic N) is 2. The zero-order valence-electron chi connectivity index (χ0n) is 12.5. The number of hydrogen-bond donors (Lipinski definition) is 1. The second-order valence-electron chi connectivity index (χ2n) is 7.49.